The SMILES string of the molecule is NC(=O)c1ccc2ccccc2c1C[CH]C(=O)NCCc1c[nH]c2ccccc12. The van der Waals surface area contributed by atoms with Crippen LogP contribution in [0.2, 0.25) is 0 Å². The Morgan fingerprint density at radius 1 is 0.966 bits per heavy atom. The molecule has 0 aliphatic heterocycles. The Bertz CT molecular complexity index is 1190. The minimum Gasteiger partial charge on any atom is -0.366 e. The highest BCUT2D eigenvalue weighted by molar-refractivity contribution is 6.01. The van der Waals surface area contributed by atoms with E-state index in [9.17, 15) is 9.59 Å². The first-order valence-corrected chi connectivity index (χ1v) is 9.60. The van der Waals surface area contributed by atoms with Crippen molar-refractivity contribution >= 4 is 33.5 Å². The summed E-state index contributed by atoms with van der Waals surface area (Å²) < 4.78 is 0. The largest absolute Gasteiger partial charge is 0.366 e. The Hall–Kier alpha value is -3.60. The van der Waals surface area contributed by atoms with Crippen LogP contribution in [0.15, 0.2) is 66.9 Å². The maximum atomic E-state index is 12.3. The molecule has 0 fully saturated rings. The number of benzene rings is 3. The summed E-state index contributed by atoms with van der Waals surface area (Å²) >= 11 is 0. The van der Waals surface area contributed by atoms with Crippen LogP contribution in [0, 0.1) is 6.42 Å². The number of hydrogen-bond donors (Lipinski definition) is 3. The van der Waals surface area contributed by atoms with Crippen LogP contribution in [-0.2, 0) is 17.6 Å². The zero-order valence-electron chi connectivity index (χ0n) is 15.9. The second kappa shape index (κ2) is 8.19. The second-order valence-electron chi connectivity index (χ2n) is 6.99. The molecule has 0 bridgehead atoms. The zero-order valence-corrected chi connectivity index (χ0v) is 15.9. The number of aromatic nitrogens is 1. The van der Waals surface area contributed by atoms with E-state index in [1.807, 2.05) is 54.7 Å². The van der Waals surface area contributed by atoms with Crippen molar-refractivity contribution in [2.45, 2.75) is 12.8 Å². The third-order valence-electron chi connectivity index (χ3n) is 5.17. The van der Waals surface area contributed by atoms with E-state index in [4.69, 9.17) is 5.73 Å². The van der Waals surface area contributed by atoms with Crippen LogP contribution in [0.5, 0.6) is 0 Å². The number of aromatic amines is 1. The fraction of sp³-hybridized carbons (Fsp3) is 0.125. The number of carbonyl (C=O) groups excluding carboxylic acids is 2. The number of H-pyrrole nitrogens is 1. The van der Waals surface area contributed by atoms with Gasteiger partial charge in [0.2, 0.25) is 11.8 Å². The highest BCUT2D eigenvalue weighted by atomic mass is 16.1. The minimum absolute atomic E-state index is 0.159. The van der Waals surface area contributed by atoms with Gasteiger partial charge in [0, 0.05) is 29.2 Å². The van der Waals surface area contributed by atoms with Gasteiger partial charge in [-0.1, -0.05) is 48.5 Å². The molecule has 4 N–H and O–H groups in total. The van der Waals surface area contributed by atoms with E-state index in [2.05, 4.69) is 16.4 Å². The van der Waals surface area contributed by atoms with E-state index in [1.54, 1.807) is 12.5 Å². The van der Waals surface area contributed by atoms with E-state index in [1.165, 1.54) is 10.9 Å². The first-order chi connectivity index (χ1) is 14.1. The van der Waals surface area contributed by atoms with Crippen molar-refractivity contribution in [3.63, 3.8) is 0 Å². The Labute approximate surface area is 168 Å². The second-order valence-corrected chi connectivity index (χ2v) is 6.99. The quantitative estimate of drug-likeness (QED) is 0.455. The molecule has 1 radical (unpaired) electrons. The Morgan fingerprint density at radius 2 is 1.72 bits per heavy atom. The maximum Gasteiger partial charge on any atom is 0.248 e. The molecule has 0 aliphatic rings. The van der Waals surface area contributed by atoms with Gasteiger partial charge in [-0.25, -0.2) is 0 Å². The lowest BCUT2D eigenvalue weighted by Crippen LogP contribution is -2.26. The van der Waals surface area contributed by atoms with Crippen LogP contribution >= 0.6 is 0 Å². The third-order valence-corrected chi connectivity index (χ3v) is 5.17. The van der Waals surface area contributed by atoms with E-state index < -0.39 is 5.91 Å². The summed E-state index contributed by atoms with van der Waals surface area (Å²) in [4.78, 5) is 27.4. The van der Waals surface area contributed by atoms with Crippen molar-refractivity contribution in [2.75, 3.05) is 6.54 Å². The molecule has 2 amide bonds. The van der Waals surface area contributed by atoms with Gasteiger partial charge in [0.1, 0.15) is 0 Å². The maximum absolute atomic E-state index is 12.3. The zero-order chi connectivity index (χ0) is 20.2. The molecule has 5 heteroatoms. The molecule has 3 aromatic carbocycles. The van der Waals surface area contributed by atoms with E-state index in [0.29, 0.717) is 18.5 Å². The molecule has 0 atom stereocenters. The predicted octanol–water partition coefficient (Wildman–Crippen LogP) is 3.53. The number of primary amides is 1. The van der Waals surface area contributed by atoms with Gasteiger partial charge in [0.15, 0.2) is 0 Å². The molecule has 5 nitrogen and oxygen atoms in total. The van der Waals surface area contributed by atoms with E-state index in [-0.39, 0.29) is 5.91 Å². The summed E-state index contributed by atoms with van der Waals surface area (Å²) in [6.07, 6.45) is 4.64. The van der Waals surface area contributed by atoms with Gasteiger partial charge in [-0.05, 0) is 46.9 Å². The van der Waals surface area contributed by atoms with Crippen molar-refractivity contribution < 1.29 is 9.59 Å². The van der Waals surface area contributed by atoms with E-state index in [0.717, 1.165) is 28.3 Å². The number of nitrogens with one attached hydrogen (secondary N) is 2. The van der Waals surface area contributed by atoms with Crippen LogP contribution < -0.4 is 11.1 Å². The van der Waals surface area contributed by atoms with Gasteiger partial charge >= 0.3 is 0 Å². The lowest BCUT2D eigenvalue weighted by Gasteiger charge is -2.11. The fourth-order valence-corrected chi connectivity index (χ4v) is 3.71. The van der Waals surface area contributed by atoms with Crippen LogP contribution in [0.1, 0.15) is 21.5 Å². The Balaban J connectivity index is 1.40. The summed E-state index contributed by atoms with van der Waals surface area (Å²) in [5.41, 5.74) is 9.03. The van der Waals surface area contributed by atoms with Crippen LogP contribution in [0.3, 0.4) is 0 Å². The highest BCUT2D eigenvalue weighted by Gasteiger charge is 2.14. The van der Waals surface area contributed by atoms with Crippen LogP contribution in [0.25, 0.3) is 21.7 Å². The van der Waals surface area contributed by atoms with Crippen LogP contribution in [0.4, 0.5) is 0 Å². The molecule has 4 rings (SSSR count). The standard InChI is InChI=1S/C24H22N3O2/c25-24(29)21-10-9-16-5-1-2-6-18(16)20(21)11-12-23(28)26-14-13-17-15-27-22-8-4-3-7-19(17)22/h1-10,12,15,27H,11,13-14H2,(H2,25,29)(H,26,28). The number of hydrogen-bond acceptors (Lipinski definition) is 2. The molecule has 145 valence electrons. The molecule has 1 aromatic heterocycles. The smallest absolute Gasteiger partial charge is 0.248 e. The van der Waals surface area contributed by atoms with Crippen molar-refractivity contribution in [1.82, 2.24) is 10.3 Å². The number of nitrogens with two attached hydrogens (primary N) is 1. The molecular formula is C24H22N3O2. The summed E-state index contributed by atoms with van der Waals surface area (Å²) in [5.74, 6) is -0.646. The molecule has 0 saturated carbocycles. The Kier molecular flexibility index (Phi) is 5.29. The molecule has 0 saturated heterocycles. The molecule has 29 heavy (non-hydrogen) atoms. The molecule has 0 spiro atoms. The van der Waals surface area contributed by atoms with Crippen LogP contribution in [-0.4, -0.2) is 23.3 Å². The fourth-order valence-electron chi connectivity index (χ4n) is 3.71. The number of amides is 2. The monoisotopic (exact) mass is 384 g/mol. The topological polar surface area (TPSA) is 88.0 Å². The van der Waals surface area contributed by atoms with Crippen molar-refractivity contribution in [1.29, 1.82) is 0 Å². The third kappa shape index (κ3) is 3.99. The molecule has 0 unspecified atom stereocenters. The lowest BCUT2D eigenvalue weighted by molar-refractivity contribution is -0.117. The normalized spacial score (nSPS) is 11.0. The minimum atomic E-state index is -0.487. The number of rotatable bonds is 7. The summed E-state index contributed by atoms with van der Waals surface area (Å²) in [6, 6.07) is 19.5. The van der Waals surface area contributed by atoms with Crippen molar-refractivity contribution in [3.8, 4) is 0 Å². The number of fused-ring (bicyclic) bond motifs is 2. The molecule has 0 aliphatic carbocycles. The summed E-state index contributed by atoms with van der Waals surface area (Å²) in [7, 11) is 0. The highest BCUT2D eigenvalue weighted by Crippen LogP contribution is 2.23. The van der Waals surface area contributed by atoms with E-state index >= 15 is 0 Å². The van der Waals surface area contributed by atoms with Crippen molar-refractivity contribution in [2.24, 2.45) is 5.73 Å². The van der Waals surface area contributed by atoms with Gasteiger partial charge in [0.05, 0.1) is 6.42 Å². The molecule has 1 heterocycles. The average molecular weight is 384 g/mol. The number of carbonyl (C=O) groups is 2. The van der Waals surface area contributed by atoms with Gasteiger partial charge in [0.25, 0.3) is 0 Å². The molecule has 4 aromatic rings. The number of para-hydroxylation sites is 1. The first kappa shape index (κ1) is 18.7. The van der Waals surface area contributed by atoms with Gasteiger partial charge in [-0.2, -0.15) is 0 Å². The van der Waals surface area contributed by atoms with Crippen molar-refractivity contribution in [3.05, 3.63) is 90.0 Å². The van der Waals surface area contributed by atoms with Gasteiger partial charge < -0.3 is 16.0 Å². The van der Waals surface area contributed by atoms with Gasteiger partial charge in [-0.15, -0.1) is 0 Å². The first-order valence-electron chi connectivity index (χ1n) is 9.60. The molecular weight excluding hydrogens is 362 g/mol. The lowest BCUT2D eigenvalue weighted by atomic mass is 9.95. The van der Waals surface area contributed by atoms with Gasteiger partial charge in [-0.3, -0.25) is 9.59 Å². The summed E-state index contributed by atoms with van der Waals surface area (Å²) in [6.45, 7) is 0.537. The average Bonchev–Trinajstić information content (AvgIpc) is 3.15. The summed E-state index contributed by atoms with van der Waals surface area (Å²) in [5, 5.41) is 6.05. The predicted molar refractivity (Wildman–Crippen MR) is 115 cm³/mol. The Morgan fingerprint density at radius 3 is 2.55 bits per heavy atom.